The SMILES string of the molecule is O=C(NCC(O)C(F)(F)F)c1ccc(Br)nc1. The Labute approximate surface area is 103 Å². The molecule has 0 aliphatic carbocycles. The summed E-state index contributed by atoms with van der Waals surface area (Å²) in [5.41, 5.74) is 0.113. The van der Waals surface area contributed by atoms with Crippen molar-refractivity contribution in [3.8, 4) is 0 Å². The molecule has 1 aromatic heterocycles. The number of hydrogen-bond donors (Lipinski definition) is 2. The summed E-state index contributed by atoms with van der Waals surface area (Å²) in [6.45, 7) is -0.890. The smallest absolute Gasteiger partial charge is 0.382 e. The van der Waals surface area contributed by atoms with E-state index in [4.69, 9.17) is 5.11 Å². The zero-order valence-electron chi connectivity index (χ0n) is 8.33. The first-order chi connectivity index (χ1) is 7.80. The van der Waals surface area contributed by atoms with Gasteiger partial charge in [-0.1, -0.05) is 0 Å². The third kappa shape index (κ3) is 4.31. The lowest BCUT2D eigenvalue weighted by atomic mass is 10.2. The second-order valence-electron chi connectivity index (χ2n) is 3.14. The number of aromatic nitrogens is 1. The van der Waals surface area contributed by atoms with Crippen LogP contribution >= 0.6 is 15.9 Å². The van der Waals surface area contributed by atoms with Gasteiger partial charge in [0.25, 0.3) is 5.91 Å². The Morgan fingerprint density at radius 3 is 2.65 bits per heavy atom. The minimum absolute atomic E-state index is 0.113. The third-order valence-electron chi connectivity index (χ3n) is 1.82. The Balaban J connectivity index is 2.53. The number of nitrogens with one attached hydrogen (secondary N) is 1. The Morgan fingerprint density at radius 1 is 1.53 bits per heavy atom. The van der Waals surface area contributed by atoms with Crippen LogP contribution in [0.1, 0.15) is 10.4 Å². The molecule has 1 unspecified atom stereocenters. The fourth-order valence-electron chi connectivity index (χ4n) is 0.917. The van der Waals surface area contributed by atoms with E-state index < -0.39 is 24.7 Å². The molecule has 0 saturated carbocycles. The molecule has 1 aromatic rings. The third-order valence-corrected chi connectivity index (χ3v) is 2.29. The molecule has 2 N–H and O–H groups in total. The summed E-state index contributed by atoms with van der Waals surface area (Å²) >= 11 is 3.05. The van der Waals surface area contributed by atoms with E-state index in [9.17, 15) is 18.0 Å². The largest absolute Gasteiger partial charge is 0.416 e. The van der Waals surface area contributed by atoms with Gasteiger partial charge in [0.2, 0.25) is 0 Å². The van der Waals surface area contributed by atoms with Crippen LogP contribution in [0.4, 0.5) is 13.2 Å². The second kappa shape index (κ2) is 5.46. The van der Waals surface area contributed by atoms with Gasteiger partial charge in [-0.3, -0.25) is 4.79 Å². The minimum atomic E-state index is -4.74. The maximum absolute atomic E-state index is 11.9. The molecule has 1 heterocycles. The molecular formula is C9H8BrF3N2O2. The quantitative estimate of drug-likeness (QED) is 0.831. The summed E-state index contributed by atoms with van der Waals surface area (Å²) < 4.78 is 36.3. The maximum atomic E-state index is 11.9. The summed E-state index contributed by atoms with van der Waals surface area (Å²) in [5.74, 6) is -0.728. The molecule has 0 spiro atoms. The number of pyridine rings is 1. The molecule has 0 fully saturated rings. The zero-order valence-corrected chi connectivity index (χ0v) is 9.92. The number of nitrogens with zero attached hydrogens (tertiary/aromatic N) is 1. The summed E-state index contributed by atoms with van der Waals surface area (Å²) in [4.78, 5) is 15.1. The molecular weight excluding hydrogens is 305 g/mol. The van der Waals surface area contributed by atoms with E-state index in [1.807, 2.05) is 5.32 Å². The normalized spacial score (nSPS) is 13.2. The van der Waals surface area contributed by atoms with E-state index >= 15 is 0 Å². The second-order valence-corrected chi connectivity index (χ2v) is 3.95. The Morgan fingerprint density at radius 2 is 2.18 bits per heavy atom. The van der Waals surface area contributed by atoms with Gasteiger partial charge in [0.1, 0.15) is 4.60 Å². The summed E-state index contributed by atoms with van der Waals surface area (Å²) in [5, 5.41) is 10.6. The number of halogens is 4. The van der Waals surface area contributed by atoms with Gasteiger partial charge in [-0.2, -0.15) is 13.2 Å². The molecule has 17 heavy (non-hydrogen) atoms. The van der Waals surface area contributed by atoms with E-state index in [0.29, 0.717) is 4.60 Å². The van der Waals surface area contributed by atoms with Gasteiger partial charge in [0.05, 0.1) is 12.1 Å². The van der Waals surface area contributed by atoms with Gasteiger partial charge in [0.15, 0.2) is 6.10 Å². The first kappa shape index (κ1) is 13.9. The lowest BCUT2D eigenvalue weighted by Crippen LogP contribution is -2.40. The Kier molecular flexibility index (Phi) is 4.47. The number of hydrogen-bond acceptors (Lipinski definition) is 3. The highest BCUT2D eigenvalue weighted by molar-refractivity contribution is 9.10. The summed E-state index contributed by atoms with van der Waals surface area (Å²) in [6, 6.07) is 2.88. The minimum Gasteiger partial charge on any atom is -0.382 e. The highest BCUT2D eigenvalue weighted by Gasteiger charge is 2.38. The first-order valence-corrected chi connectivity index (χ1v) is 5.24. The molecule has 1 rings (SSSR count). The van der Waals surface area contributed by atoms with Crippen LogP contribution in [0.25, 0.3) is 0 Å². The molecule has 0 aliphatic rings. The standard InChI is InChI=1S/C9H8BrF3N2O2/c10-7-2-1-5(3-14-7)8(17)15-4-6(16)9(11,12)13/h1-3,6,16H,4H2,(H,15,17). The zero-order chi connectivity index (χ0) is 13.1. The van der Waals surface area contributed by atoms with Gasteiger partial charge >= 0.3 is 6.18 Å². The molecule has 0 aromatic carbocycles. The molecule has 8 heteroatoms. The molecule has 1 atom stereocenters. The molecule has 94 valence electrons. The van der Waals surface area contributed by atoms with Crippen LogP contribution in [-0.4, -0.2) is 34.8 Å². The van der Waals surface area contributed by atoms with Crippen molar-refractivity contribution >= 4 is 21.8 Å². The van der Waals surface area contributed by atoms with Crippen molar-refractivity contribution in [1.82, 2.24) is 10.3 Å². The van der Waals surface area contributed by atoms with Gasteiger partial charge < -0.3 is 10.4 Å². The van der Waals surface area contributed by atoms with Gasteiger partial charge in [-0.05, 0) is 28.1 Å². The van der Waals surface area contributed by atoms with Crippen molar-refractivity contribution < 1.29 is 23.1 Å². The van der Waals surface area contributed by atoms with Crippen LogP contribution in [0.15, 0.2) is 22.9 Å². The highest BCUT2D eigenvalue weighted by atomic mass is 79.9. The number of rotatable bonds is 3. The maximum Gasteiger partial charge on any atom is 0.416 e. The molecule has 0 saturated heterocycles. The lowest BCUT2D eigenvalue weighted by Gasteiger charge is -2.14. The number of aliphatic hydroxyl groups is 1. The molecule has 0 radical (unpaired) electrons. The monoisotopic (exact) mass is 312 g/mol. The predicted molar refractivity (Wildman–Crippen MR) is 56.3 cm³/mol. The van der Waals surface area contributed by atoms with Crippen LogP contribution in [0.5, 0.6) is 0 Å². The van der Waals surface area contributed by atoms with Crippen molar-refractivity contribution in [3.63, 3.8) is 0 Å². The Bertz CT molecular complexity index is 394. The van der Waals surface area contributed by atoms with Gasteiger partial charge in [-0.15, -0.1) is 0 Å². The van der Waals surface area contributed by atoms with Gasteiger partial charge in [0, 0.05) is 6.20 Å². The topological polar surface area (TPSA) is 62.2 Å². The van der Waals surface area contributed by atoms with Crippen LogP contribution in [0.2, 0.25) is 0 Å². The molecule has 0 bridgehead atoms. The van der Waals surface area contributed by atoms with Crippen LogP contribution in [-0.2, 0) is 0 Å². The number of aliphatic hydroxyl groups excluding tert-OH is 1. The summed E-state index contributed by atoms with van der Waals surface area (Å²) in [7, 11) is 0. The van der Waals surface area contributed by atoms with Crippen molar-refractivity contribution in [1.29, 1.82) is 0 Å². The van der Waals surface area contributed by atoms with Crippen molar-refractivity contribution in [3.05, 3.63) is 28.5 Å². The number of carbonyl (C=O) groups excluding carboxylic acids is 1. The van der Waals surface area contributed by atoms with Crippen LogP contribution < -0.4 is 5.32 Å². The molecule has 1 amide bonds. The number of amides is 1. The van der Waals surface area contributed by atoms with E-state index in [1.54, 1.807) is 0 Å². The van der Waals surface area contributed by atoms with Crippen LogP contribution in [0.3, 0.4) is 0 Å². The van der Waals surface area contributed by atoms with E-state index in [0.717, 1.165) is 0 Å². The number of alkyl halides is 3. The van der Waals surface area contributed by atoms with E-state index in [2.05, 4.69) is 20.9 Å². The summed E-state index contributed by atoms with van der Waals surface area (Å²) in [6.07, 6.45) is -6.11. The molecule has 4 nitrogen and oxygen atoms in total. The average molecular weight is 313 g/mol. The average Bonchev–Trinajstić information content (AvgIpc) is 2.25. The van der Waals surface area contributed by atoms with Crippen LogP contribution in [0, 0.1) is 0 Å². The molecule has 0 aliphatic heterocycles. The Hall–Kier alpha value is -1.15. The van der Waals surface area contributed by atoms with Crippen molar-refractivity contribution in [2.45, 2.75) is 12.3 Å². The fraction of sp³-hybridized carbons (Fsp3) is 0.333. The van der Waals surface area contributed by atoms with Crippen molar-refractivity contribution in [2.24, 2.45) is 0 Å². The predicted octanol–water partition coefficient (Wildman–Crippen LogP) is 1.50. The van der Waals surface area contributed by atoms with Gasteiger partial charge in [-0.25, -0.2) is 4.98 Å². The van der Waals surface area contributed by atoms with Crippen molar-refractivity contribution in [2.75, 3.05) is 6.54 Å². The van der Waals surface area contributed by atoms with E-state index in [-0.39, 0.29) is 5.56 Å². The highest BCUT2D eigenvalue weighted by Crippen LogP contribution is 2.19. The first-order valence-electron chi connectivity index (χ1n) is 4.45. The lowest BCUT2D eigenvalue weighted by molar-refractivity contribution is -0.201. The van der Waals surface area contributed by atoms with E-state index in [1.165, 1.54) is 18.3 Å². The fourth-order valence-corrected chi connectivity index (χ4v) is 1.15. The number of carbonyl (C=O) groups is 1.